The topological polar surface area (TPSA) is 28.5 Å². The molecular weight excluding hydrogens is 494 g/mol. The Morgan fingerprint density at radius 2 is 1.63 bits per heavy atom. The molecule has 198 valence electrons. The second-order valence-corrected chi connectivity index (χ2v) is 9.61. The van der Waals surface area contributed by atoms with E-state index >= 15 is 0 Å². The lowest BCUT2D eigenvalue weighted by Gasteiger charge is -2.37. The fraction of sp³-hybridized carbons (Fsp3) is 0.300. The first-order valence-electron chi connectivity index (χ1n) is 12.8. The number of hydrogen-bond donors (Lipinski definition) is 0. The molecule has 0 radical (unpaired) electrons. The number of aromatic nitrogens is 1. The Labute approximate surface area is 219 Å². The van der Waals surface area contributed by atoms with Gasteiger partial charge in [0, 0.05) is 67.8 Å². The maximum absolute atomic E-state index is 13.7. The molecule has 5 rings (SSSR count). The Bertz CT molecular complexity index is 1420. The summed E-state index contributed by atoms with van der Waals surface area (Å²) in [5, 5.41) is 1.06. The molecule has 0 N–H and O–H groups in total. The summed E-state index contributed by atoms with van der Waals surface area (Å²) in [5.74, 6) is -0.626. The first-order valence-corrected chi connectivity index (χ1v) is 12.8. The van der Waals surface area contributed by atoms with Crippen molar-refractivity contribution in [1.29, 1.82) is 0 Å². The maximum Gasteiger partial charge on any atom is 0.416 e. The highest BCUT2D eigenvalue weighted by molar-refractivity contribution is 5.86. The van der Waals surface area contributed by atoms with Gasteiger partial charge in [-0.1, -0.05) is 36.4 Å². The standard InChI is InChI=1S/C30H29F4N3O/c1-2-35-20-27(25-8-3-4-9-28(25)35)26(21-10-12-23(31)13-11-21)19-29(38)37-16-14-36(15-17-37)24-7-5-6-22(18-24)30(32,33)34/h3-13,18,20,26H,2,14-17,19H2,1H3. The summed E-state index contributed by atoms with van der Waals surface area (Å²) in [6.07, 6.45) is -2.10. The van der Waals surface area contributed by atoms with E-state index in [0.717, 1.165) is 40.7 Å². The number of nitrogens with zero attached hydrogens (tertiary/aromatic N) is 3. The predicted molar refractivity (Wildman–Crippen MR) is 141 cm³/mol. The summed E-state index contributed by atoms with van der Waals surface area (Å²) in [6.45, 7) is 4.58. The Kier molecular flexibility index (Phi) is 7.15. The van der Waals surface area contributed by atoms with Crippen LogP contribution < -0.4 is 4.90 Å². The number of para-hydroxylation sites is 1. The second kappa shape index (κ2) is 10.5. The minimum Gasteiger partial charge on any atom is -0.368 e. The van der Waals surface area contributed by atoms with Crippen molar-refractivity contribution < 1.29 is 22.4 Å². The van der Waals surface area contributed by atoms with Gasteiger partial charge in [-0.05, 0) is 54.4 Å². The molecule has 1 aromatic heterocycles. The predicted octanol–water partition coefficient (Wildman–Crippen LogP) is 6.69. The number of benzene rings is 3. The number of hydrogen-bond acceptors (Lipinski definition) is 2. The molecule has 1 amide bonds. The van der Waals surface area contributed by atoms with Crippen LogP contribution in [0.25, 0.3) is 10.9 Å². The fourth-order valence-corrected chi connectivity index (χ4v) is 5.31. The van der Waals surface area contributed by atoms with Crippen molar-refractivity contribution >= 4 is 22.5 Å². The monoisotopic (exact) mass is 523 g/mol. The van der Waals surface area contributed by atoms with E-state index in [1.54, 1.807) is 23.1 Å². The van der Waals surface area contributed by atoms with Crippen LogP contribution in [0.1, 0.15) is 36.0 Å². The van der Waals surface area contributed by atoms with E-state index in [-0.39, 0.29) is 24.1 Å². The Hall–Kier alpha value is -3.81. The van der Waals surface area contributed by atoms with Gasteiger partial charge in [-0.25, -0.2) is 4.39 Å². The van der Waals surface area contributed by atoms with Crippen LogP contribution in [0, 0.1) is 5.82 Å². The largest absolute Gasteiger partial charge is 0.416 e. The quantitative estimate of drug-likeness (QED) is 0.264. The van der Waals surface area contributed by atoms with Crippen LogP contribution in [0.15, 0.2) is 79.0 Å². The number of fused-ring (bicyclic) bond motifs is 1. The molecule has 0 bridgehead atoms. The minimum absolute atomic E-state index is 0.0312. The van der Waals surface area contributed by atoms with Crippen molar-refractivity contribution in [2.75, 3.05) is 31.1 Å². The first-order chi connectivity index (χ1) is 18.2. The maximum atomic E-state index is 13.7. The van der Waals surface area contributed by atoms with Crippen LogP contribution >= 0.6 is 0 Å². The van der Waals surface area contributed by atoms with Gasteiger partial charge in [-0.15, -0.1) is 0 Å². The van der Waals surface area contributed by atoms with Gasteiger partial charge in [-0.2, -0.15) is 13.2 Å². The van der Waals surface area contributed by atoms with Gasteiger partial charge in [0.15, 0.2) is 0 Å². The van der Waals surface area contributed by atoms with Crippen LogP contribution in [0.3, 0.4) is 0 Å². The van der Waals surface area contributed by atoms with Gasteiger partial charge < -0.3 is 14.4 Å². The zero-order valence-corrected chi connectivity index (χ0v) is 21.1. The number of alkyl halides is 3. The number of anilines is 1. The molecule has 4 nitrogen and oxygen atoms in total. The number of carbonyl (C=O) groups is 1. The van der Waals surface area contributed by atoms with E-state index in [2.05, 4.69) is 23.8 Å². The highest BCUT2D eigenvalue weighted by atomic mass is 19.4. The van der Waals surface area contributed by atoms with Crippen molar-refractivity contribution in [3.05, 3.63) is 102 Å². The van der Waals surface area contributed by atoms with Gasteiger partial charge in [0.2, 0.25) is 5.91 Å². The second-order valence-electron chi connectivity index (χ2n) is 9.61. The molecule has 3 aromatic carbocycles. The van der Waals surface area contributed by atoms with Gasteiger partial charge in [0.1, 0.15) is 5.82 Å². The van der Waals surface area contributed by atoms with Gasteiger partial charge in [-0.3, -0.25) is 4.79 Å². The molecule has 4 aromatic rings. The molecule has 1 fully saturated rings. The highest BCUT2D eigenvalue weighted by Gasteiger charge is 2.32. The van der Waals surface area contributed by atoms with E-state index in [0.29, 0.717) is 31.9 Å². The third-order valence-corrected chi connectivity index (χ3v) is 7.36. The number of halogens is 4. The van der Waals surface area contributed by atoms with Crippen LogP contribution in [-0.4, -0.2) is 41.6 Å². The van der Waals surface area contributed by atoms with Crippen molar-refractivity contribution in [2.24, 2.45) is 0 Å². The average molecular weight is 524 g/mol. The molecule has 1 atom stereocenters. The molecule has 0 saturated carbocycles. The number of piperazine rings is 1. The van der Waals surface area contributed by atoms with Crippen molar-refractivity contribution in [3.8, 4) is 0 Å². The van der Waals surface area contributed by atoms with Crippen molar-refractivity contribution in [3.63, 3.8) is 0 Å². The molecule has 0 spiro atoms. The normalized spacial score (nSPS) is 15.2. The number of rotatable bonds is 6. The number of amides is 1. The summed E-state index contributed by atoms with van der Waals surface area (Å²) in [5.41, 5.74) is 2.79. The molecule has 1 unspecified atom stereocenters. The number of aryl methyl sites for hydroxylation is 1. The van der Waals surface area contributed by atoms with Crippen LogP contribution in [0.5, 0.6) is 0 Å². The molecule has 1 aliphatic rings. The van der Waals surface area contributed by atoms with E-state index in [1.807, 2.05) is 23.1 Å². The zero-order valence-electron chi connectivity index (χ0n) is 21.1. The molecule has 1 saturated heterocycles. The molecule has 8 heteroatoms. The Morgan fingerprint density at radius 3 is 2.32 bits per heavy atom. The van der Waals surface area contributed by atoms with Gasteiger partial charge in [0.05, 0.1) is 5.56 Å². The van der Waals surface area contributed by atoms with E-state index in [4.69, 9.17) is 0 Å². The van der Waals surface area contributed by atoms with Crippen molar-refractivity contribution in [2.45, 2.75) is 32.0 Å². The minimum atomic E-state index is -4.40. The van der Waals surface area contributed by atoms with Crippen molar-refractivity contribution in [1.82, 2.24) is 9.47 Å². The molecule has 1 aliphatic heterocycles. The molecule has 0 aliphatic carbocycles. The lowest BCUT2D eigenvalue weighted by molar-refractivity contribution is -0.137. The SMILES string of the molecule is CCn1cc(C(CC(=O)N2CCN(c3cccc(C(F)(F)F)c3)CC2)c2ccc(F)cc2)c2ccccc21. The molecular formula is C30H29F4N3O. The molecule has 2 heterocycles. The lowest BCUT2D eigenvalue weighted by Crippen LogP contribution is -2.49. The van der Waals surface area contributed by atoms with Crippen LogP contribution in [-0.2, 0) is 17.5 Å². The van der Waals surface area contributed by atoms with Crippen LogP contribution in [0.2, 0.25) is 0 Å². The smallest absolute Gasteiger partial charge is 0.368 e. The summed E-state index contributed by atoms with van der Waals surface area (Å²) < 4.78 is 55.4. The number of carbonyl (C=O) groups excluding carboxylic acids is 1. The first kappa shape index (κ1) is 25.8. The summed E-state index contributed by atoms with van der Waals surface area (Å²) >= 11 is 0. The molecule has 38 heavy (non-hydrogen) atoms. The summed E-state index contributed by atoms with van der Waals surface area (Å²) in [7, 11) is 0. The lowest BCUT2D eigenvalue weighted by atomic mass is 9.87. The zero-order chi connectivity index (χ0) is 26.9. The summed E-state index contributed by atoms with van der Waals surface area (Å²) in [4.78, 5) is 17.2. The fourth-order valence-electron chi connectivity index (χ4n) is 5.31. The highest BCUT2D eigenvalue weighted by Crippen LogP contribution is 2.36. The van der Waals surface area contributed by atoms with Crippen LogP contribution in [0.4, 0.5) is 23.2 Å². The average Bonchev–Trinajstić information content (AvgIpc) is 3.30. The Morgan fingerprint density at radius 1 is 0.921 bits per heavy atom. The van der Waals surface area contributed by atoms with Gasteiger partial charge >= 0.3 is 6.18 Å². The Balaban J connectivity index is 1.36. The van der Waals surface area contributed by atoms with E-state index in [9.17, 15) is 22.4 Å². The third kappa shape index (κ3) is 5.26. The van der Waals surface area contributed by atoms with E-state index in [1.165, 1.54) is 18.2 Å². The van der Waals surface area contributed by atoms with Gasteiger partial charge in [0.25, 0.3) is 0 Å². The third-order valence-electron chi connectivity index (χ3n) is 7.36. The summed E-state index contributed by atoms with van der Waals surface area (Å²) in [6, 6.07) is 19.7. The van der Waals surface area contributed by atoms with E-state index < -0.39 is 11.7 Å².